The van der Waals surface area contributed by atoms with Gasteiger partial charge in [0, 0.05) is 25.0 Å². The molecule has 2 aromatic heterocycles. The van der Waals surface area contributed by atoms with E-state index in [9.17, 15) is 0 Å². The van der Waals surface area contributed by atoms with Gasteiger partial charge >= 0.3 is 0 Å². The van der Waals surface area contributed by atoms with Gasteiger partial charge in [-0.15, -0.1) is 0 Å². The summed E-state index contributed by atoms with van der Waals surface area (Å²) >= 11 is 0. The molecule has 17 heavy (non-hydrogen) atoms. The molecule has 0 spiro atoms. The molecule has 0 aromatic carbocycles. The lowest BCUT2D eigenvalue weighted by atomic mass is 10.0. The Bertz CT molecular complexity index is 508. The molecule has 0 aliphatic carbocycles. The summed E-state index contributed by atoms with van der Waals surface area (Å²) in [4.78, 5) is 4.29. The van der Waals surface area contributed by atoms with Crippen LogP contribution in [0, 0.1) is 0 Å². The zero-order chi connectivity index (χ0) is 11.7. The minimum atomic E-state index is 0.350. The molecule has 3 heterocycles. The minimum absolute atomic E-state index is 0.350. The Morgan fingerprint density at radius 2 is 2.41 bits per heavy atom. The summed E-state index contributed by atoms with van der Waals surface area (Å²) in [6.07, 6.45) is 6.29. The third-order valence-corrected chi connectivity index (χ3v) is 3.27. The van der Waals surface area contributed by atoms with Crippen LogP contribution in [0.4, 0.5) is 5.82 Å². The van der Waals surface area contributed by atoms with Gasteiger partial charge in [0.2, 0.25) is 0 Å². The Labute approximate surface area is 101 Å². The van der Waals surface area contributed by atoms with E-state index in [1.807, 2.05) is 24.5 Å². The molecule has 2 atom stereocenters. The normalized spacial score (nSPS) is 25.0. The molecule has 90 valence electrons. The topological polar surface area (TPSA) is 38.6 Å². The Morgan fingerprint density at radius 3 is 3.29 bits per heavy atom. The fourth-order valence-corrected chi connectivity index (χ4v) is 2.40. The molecule has 0 radical (unpaired) electrons. The van der Waals surface area contributed by atoms with Gasteiger partial charge in [-0.1, -0.05) is 6.07 Å². The van der Waals surface area contributed by atoms with Crippen LogP contribution in [0.15, 0.2) is 30.6 Å². The summed E-state index contributed by atoms with van der Waals surface area (Å²) in [7, 11) is 0. The molecule has 1 N–H and O–H groups in total. The molecule has 2 aromatic rings. The quantitative estimate of drug-likeness (QED) is 0.862. The smallest absolute Gasteiger partial charge is 0.138 e. The maximum atomic E-state index is 5.56. The first kappa shape index (κ1) is 10.6. The van der Waals surface area contributed by atoms with Crippen molar-refractivity contribution in [3.05, 3.63) is 30.6 Å². The number of hydrogen-bond acceptors (Lipinski definition) is 3. The van der Waals surface area contributed by atoms with Crippen LogP contribution >= 0.6 is 0 Å². The van der Waals surface area contributed by atoms with E-state index < -0.39 is 0 Å². The summed E-state index contributed by atoms with van der Waals surface area (Å²) in [5, 5.41) is 3.58. The van der Waals surface area contributed by atoms with E-state index in [1.165, 1.54) is 0 Å². The lowest BCUT2D eigenvalue weighted by molar-refractivity contribution is 0.0231. The van der Waals surface area contributed by atoms with Crippen LogP contribution in [0.2, 0.25) is 0 Å². The number of imidazole rings is 1. The third-order valence-electron chi connectivity index (χ3n) is 3.27. The molecule has 0 bridgehead atoms. The standard InChI is InChI=1S/C13H17N3O/c1-10-9-11(5-8-17-10)15-13-4-2-3-12-14-6-7-16(12)13/h2-4,6-7,10-11,15H,5,8-9H2,1H3. The minimum Gasteiger partial charge on any atom is -0.378 e. The first-order chi connectivity index (χ1) is 8.33. The van der Waals surface area contributed by atoms with E-state index in [2.05, 4.69) is 27.7 Å². The van der Waals surface area contributed by atoms with Crippen molar-refractivity contribution in [2.45, 2.75) is 31.9 Å². The number of nitrogens with one attached hydrogen (secondary N) is 1. The van der Waals surface area contributed by atoms with Crippen molar-refractivity contribution in [2.24, 2.45) is 0 Å². The SMILES string of the molecule is CC1CC(Nc2cccc3nccn23)CCO1. The molecule has 1 aliphatic rings. The van der Waals surface area contributed by atoms with Crippen LogP contribution in [0.25, 0.3) is 5.65 Å². The van der Waals surface area contributed by atoms with Gasteiger partial charge < -0.3 is 10.1 Å². The zero-order valence-corrected chi connectivity index (χ0v) is 9.97. The molecular weight excluding hydrogens is 214 g/mol. The molecule has 1 fully saturated rings. The number of rotatable bonds is 2. The van der Waals surface area contributed by atoms with Crippen LogP contribution < -0.4 is 5.32 Å². The maximum Gasteiger partial charge on any atom is 0.138 e. The molecule has 2 unspecified atom stereocenters. The largest absolute Gasteiger partial charge is 0.378 e. The number of pyridine rings is 1. The second-order valence-electron chi connectivity index (χ2n) is 4.61. The molecule has 4 nitrogen and oxygen atoms in total. The van der Waals surface area contributed by atoms with Crippen molar-refractivity contribution in [1.29, 1.82) is 0 Å². The van der Waals surface area contributed by atoms with Crippen molar-refractivity contribution >= 4 is 11.5 Å². The van der Waals surface area contributed by atoms with Crippen molar-refractivity contribution < 1.29 is 4.74 Å². The molecular formula is C13H17N3O. The summed E-state index contributed by atoms with van der Waals surface area (Å²) in [6.45, 7) is 2.98. The van der Waals surface area contributed by atoms with Gasteiger partial charge in [-0.05, 0) is 31.9 Å². The summed E-state index contributed by atoms with van der Waals surface area (Å²) in [6, 6.07) is 6.63. The van der Waals surface area contributed by atoms with E-state index in [1.54, 1.807) is 0 Å². The summed E-state index contributed by atoms with van der Waals surface area (Å²) in [5.74, 6) is 1.11. The van der Waals surface area contributed by atoms with Crippen LogP contribution in [0.3, 0.4) is 0 Å². The van der Waals surface area contributed by atoms with Crippen LogP contribution in [-0.2, 0) is 4.74 Å². The van der Waals surface area contributed by atoms with E-state index in [0.29, 0.717) is 12.1 Å². The Balaban J connectivity index is 1.82. The second kappa shape index (κ2) is 4.37. The highest BCUT2D eigenvalue weighted by molar-refractivity contribution is 5.50. The van der Waals surface area contributed by atoms with Crippen molar-refractivity contribution in [3.8, 4) is 0 Å². The van der Waals surface area contributed by atoms with E-state index in [-0.39, 0.29) is 0 Å². The molecule has 1 saturated heterocycles. The first-order valence-electron chi connectivity index (χ1n) is 6.13. The van der Waals surface area contributed by atoms with Crippen molar-refractivity contribution in [2.75, 3.05) is 11.9 Å². The fourth-order valence-electron chi connectivity index (χ4n) is 2.40. The highest BCUT2D eigenvalue weighted by Gasteiger charge is 2.19. The van der Waals surface area contributed by atoms with Gasteiger partial charge in [-0.2, -0.15) is 0 Å². The maximum absolute atomic E-state index is 5.56. The summed E-state index contributed by atoms with van der Waals surface area (Å²) < 4.78 is 7.64. The average Bonchev–Trinajstić information content (AvgIpc) is 2.78. The van der Waals surface area contributed by atoms with Gasteiger partial charge in [-0.25, -0.2) is 4.98 Å². The molecule has 0 saturated carbocycles. The van der Waals surface area contributed by atoms with E-state index in [4.69, 9.17) is 4.74 Å². The monoisotopic (exact) mass is 231 g/mol. The lowest BCUT2D eigenvalue weighted by Gasteiger charge is -2.28. The van der Waals surface area contributed by atoms with Gasteiger partial charge in [0.1, 0.15) is 11.5 Å². The number of hydrogen-bond donors (Lipinski definition) is 1. The Kier molecular flexibility index (Phi) is 2.73. The molecule has 1 aliphatic heterocycles. The molecule has 4 heteroatoms. The predicted molar refractivity (Wildman–Crippen MR) is 67.3 cm³/mol. The van der Waals surface area contributed by atoms with Crippen LogP contribution in [-0.4, -0.2) is 28.1 Å². The number of fused-ring (bicyclic) bond motifs is 1. The number of aromatic nitrogens is 2. The predicted octanol–water partition coefficient (Wildman–Crippen LogP) is 2.31. The van der Waals surface area contributed by atoms with Gasteiger partial charge in [0.25, 0.3) is 0 Å². The highest BCUT2D eigenvalue weighted by atomic mass is 16.5. The number of nitrogens with zero attached hydrogens (tertiary/aromatic N) is 2. The van der Waals surface area contributed by atoms with Gasteiger partial charge in [0.05, 0.1) is 6.10 Å². The molecule has 3 rings (SSSR count). The van der Waals surface area contributed by atoms with Gasteiger partial charge in [0.15, 0.2) is 0 Å². The second-order valence-corrected chi connectivity index (χ2v) is 4.61. The Hall–Kier alpha value is -1.55. The van der Waals surface area contributed by atoms with Crippen molar-refractivity contribution in [1.82, 2.24) is 9.38 Å². The van der Waals surface area contributed by atoms with Crippen LogP contribution in [0.5, 0.6) is 0 Å². The third kappa shape index (κ3) is 2.13. The first-order valence-corrected chi connectivity index (χ1v) is 6.13. The highest BCUT2D eigenvalue weighted by Crippen LogP contribution is 2.19. The summed E-state index contributed by atoms with van der Waals surface area (Å²) in [5.41, 5.74) is 0.982. The van der Waals surface area contributed by atoms with E-state index >= 15 is 0 Å². The number of anilines is 1. The fraction of sp³-hybridized carbons (Fsp3) is 0.462. The zero-order valence-electron chi connectivity index (χ0n) is 9.97. The average molecular weight is 231 g/mol. The van der Waals surface area contributed by atoms with Gasteiger partial charge in [-0.3, -0.25) is 4.40 Å². The number of ether oxygens (including phenoxy) is 1. The van der Waals surface area contributed by atoms with Crippen LogP contribution in [0.1, 0.15) is 19.8 Å². The Morgan fingerprint density at radius 1 is 1.47 bits per heavy atom. The lowest BCUT2D eigenvalue weighted by Crippen LogP contribution is -2.33. The molecule has 0 amide bonds. The van der Waals surface area contributed by atoms with Crippen molar-refractivity contribution in [3.63, 3.8) is 0 Å². The van der Waals surface area contributed by atoms with E-state index in [0.717, 1.165) is 30.9 Å².